The SMILES string of the molecule is F[B-](F)(F)F.F[B-](F)(F)F.F[B-](F)(F)F.[CH2-]NC(=O)c1cc(F)ccc1OC.[K+]. The molecule has 0 aliphatic carbocycles. The van der Waals surface area contributed by atoms with Gasteiger partial charge in [0.1, 0.15) is 11.6 Å². The maximum atomic E-state index is 12.7. The molecule has 1 rings (SSSR count). The number of hydrogen-bond donors (Lipinski definition) is 1. The fourth-order valence-electron chi connectivity index (χ4n) is 0.953. The Kier molecular flexibility index (Phi) is 19.9. The average Bonchev–Trinajstić information content (AvgIpc) is 2.41. The fourth-order valence-corrected chi connectivity index (χ4v) is 0.953. The molecule has 1 aromatic carbocycles. The van der Waals surface area contributed by atoms with E-state index >= 15 is 0 Å². The van der Waals surface area contributed by atoms with Gasteiger partial charge in [-0.25, -0.2) is 4.39 Å². The molecule has 0 saturated carbocycles. The molecule has 3 nitrogen and oxygen atoms in total. The van der Waals surface area contributed by atoms with Crippen LogP contribution in [0.25, 0.3) is 0 Å². The van der Waals surface area contributed by atoms with E-state index in [0.29, 0.717) is 5.75 Å². The van der Waals surface area contributed by atoms with Crippen LogP contribution in [0.5, 0.6) is 5.75 Å². The van der Waals surface area contributed by atoms with Gasteiger partial charge in [0.2, 0.25) is 5.91 Å². The van der Waals surface area contributed by atoms with Crippen molar-refractivity contribution in [3.8, 4) is 5.75 Å². The first kappa shape index (κ1) is 35.8. The molecule has 166 valence electrons. The first-order chi connectivity index (χ1) is 12.2. The molecule has 0 bridgehead atoms. The minimum Gasteiger partial charge on any atom is -0.504 e. The van der Waals surface area contributed by atoms with Gasteiger partial charge < -0.3 is 61.8 Å². The van der Waals surface area contributed by atoms with E-state index in [2.05, 4.69) is 12.4 Å². The molecule has 0 heterocycles. The molecule has 0 aromatic heterocycles. The van der Waals surface area contributed by atoms with E-state index in [9.17, 15) is 61.0 Å². The molecule has 0 radical (unpaired) electrons. The molecule has 0 aliphatic rings. The first-order valence-electron chi connectivity index (χ1n) is 6.22. The van der Waals surface area contributed by atoms with Crippen LogP contribution in [0.4, 0.5) is 56.2 Å². The second kappa shape index (κ2) is 16.1. The Morgan fingerprint density at radius 2 is 1.17 bits per heavy atom. The van der Waals surface area contributed by atoms with Gasteiger partial charge in [-0.1, -0.05) is 0 Å². The number of amides is 1. The van der Waals surface area contributed by atoms with Gasteiger partial charge in [0.25, 0.3) is 0 Å². The van der Waals surface area contributed by atoms with Crippen LogP contribution in [0.3, 0.4) is 0 Å². The zero-order valence-corrected chi connectivity index (χ0v) is 17.5. The number of carbonyl (C=O) groups excluding carboxylic acids is 1. The van der Waals surface area contributed by atoms with Crippen LogP contribution >= 0.6 is 0 Å². The fraction of sp³-hybridized carbons (Fsp3) is 0.111. The number of methoxy groups -OCH3 is 1. The minimum atomic E-state index is -6.00. The third-order valence-corrected chi connectivity index (χ3v) is 1.57. The molecule has 20 heteroatoms. The first-order valence-corrected chi connectivity index (χ1v) is 6.22. The molecule has 0 aliphatic heterocycles. The molecule has 0 spiro atoms. The van der Waals surface area contributed by atoms with Gasteiger partial charge in [-0.3, -0.25) is 11.8 Å². The summed E-state index contributed by atoms with van der Waals surface area (Å²) in [5.74, 6) is -0.640. The summed E-state index contributed by atoms with van der Waals surface area (Å²) >= 11 is 0. The van der Waals surface area contributed by atoms with E-state index in [1.807, 2.05) is 0 Å². The van der Waals surface area contributed by atoms with Gasteiger partial charge in [-0.05, 0) is 18.2 Å². The summed E-state index contributed by atoms with van der Waals surface area (Å²) in [4.78, 5) is 11.1. The van der Waals surface area contributed by atoms with Crippen LogP contribution in [0.15, 0.2) is 18.2 Å². The van der Waals surface area contributed by atoms with Crippen LogP contribution in [-0.2, 0) is 0 Å². The molecular formula is C9H9B3F13KNO2-3. The van der Waals surface area contributed by atoms with Gasteiger partial charge in [-0.2, -0.15) is 0 Å². The molecule has 1 N–H and O–H groups in total. The molecular weight excluding hydrogens is 473 g/mol. The average molecular weight is 482 g/mol. The van der Waals surface area contributed by atoms with Crippen LogP contribution in [-0.4, -0.2) is 34.8 Å². The van der Waals surface area contributed by atoms with Gasteiger partial charge in [0, 0.05) is 0 Å². The molecule has 0 saturated heterocycles. The van der Waals surface area contributed by atoms with Crippen molar-refractivity contribution in [3.05, 3.63) is 36.6 Å². The molecule has 0 unspecified atom stereocenters. The Hall–Kier alpha value is -0.589. The topological polar surface area (TPSA) is 38.3 Å². The Morgan fingerprint density at radius 3 is 1.41 bits per heavy atom. The number of carbonyl (C=O) groups is 1. The Balaban J connectivity index is -0.000000164. The maximum absolute atomic E-state index is 12.7. The van der Waals surface area contributed by atoms with Gasteiger partial charge in [0.05, 0.1) is 12.7 Å². The second-order valence-electron chi connectivity index (χ2n) is 3.84. The number of halogens is 13. The smallest absolute Gasteiger partial charge is 0.504 e. The molecule has 1 aromatic rings. The third-order valence-electron chi connectivity index (χ3n) is 1.57. The van der Waals surface area contributed by atoms with E-state index < -0.39 is 33.5 Å². The molecule has 0 atom stereocenters. The van der Waals surface area contributed by atoms with Crippen molar-refractivity contribution in [1.29, 1.82) is 0 Å². The van der Waals surface area contributed by atoms with Gasteiger partial charge >= 0.3 is 73.1 Å². The van der Waals surface area contributed by atoms with Gasteiger partial charge in [-0.15, -0.1) is 0 Å². The van der Waals surface area contributed by atoms with E-state index in [-0.39, 0.29) is 56.9 Å². The summed E-state index contributed by atoms with van der Waals surface area (Å²) < 4.78 is 135. The van der Waals surface area contributed by atoms with Crippen LogP contribution in [0, 0.1) is 12.9 Å². The monoisotopic (exact) mass is 482 g/mol. The Morgan fingerprint density at radius 1 is 0.862 bits per heavy atom. The number of benzene rings is 1. The van der Waals surface area contributed by atoms with Crippen molar-refractivity contribution in [2.45, 2.75) is 0 Å². The minimum absolute atomic E-state index is 0. The molecule has 0 fully saturated rings. The van der Waals surface area contributed by atoms with E-state index in [1.54, 1.807) is 0 Å². The standard InChI is InChI=1S/C9H9FNO2.3BF4.K/c1-11-9(12)7-5-6(10)3-4-8(7)13-2;3*2-1(3,4)5;/h3-5H,1H2,2H3,(H,11,12);;;;/q4*-1;+1. The van der Waals surface area contributed by atoms with Crippen LogP contribution < -0.4 is 61.4 Å². The number of hydrogen-bond acceptors (Lipinski definition) is 2. The predicted molar refractivity (Wildman–Crippen MR) is 76.3 cm³/mol. The van der Waals surface area contributed by atoms with Crippen molar-refractivity contribution < 1.29 is 117 Å². The van der Waals surface area contributed by atoms with E-state index in [0.717, 1.165) is 6.07 Å². The largest absolute Gasteiger partial charge is 1.00 e. The number of ether oxygens (including phenoxy) is 1. The van der Waals surface area contributed by atoms with Gasteiger partial charge in [0.15, 0.2) is 0 Å². The zero-order chi connectivity index (χ0) is 23.3. The second-order valence-corrected chi connectivity index (χ2v) is 3.84. The molecule has 1 amide bonds. The summed E-state index contributed by atoms with van der Waals surface area (Å²) in [5, 5.41) is 2.15. The van der Waals surface area contributed by atoms with E-state index in [1.165, 1.54) is 19.2 Å². The summed E-state index contributed by atoms with van der Waals surface area (Å²) in [5.41, 5.74) is 0.137. The Bertz CT molecular complexity index is 536. The number of nitrogens with one attached hydrogen (secondary N) is 1. The van der Waals surface area contributed by atoms with Crippen LogP contribution in [0.1, 0.15) is 10.4 Å². The molecule has 29 heavy (non-hydrogen) atoms. The summed E-state index contributed by atoms with van der Waals surface area (Å²) in [6, 6.07) is 3.71. The normalized spacial score (nSPS) is 10.4. The maximum Gasteiger partial charge on any atom is 1.00 e. The van der Waals surface area contributed by atoms with Crippen LogP contribution in [0.2, 0.25) is 0 Å². The Labute approximate surface area is 198 Å². The van der Waals surface area contributed by atoms with Crippen molar-refractivity contribution in [2.75, 3.05) is 7.11 Å². The summed E-state index contributed by atoms with van der Waals surface area (Å²) in [7, 11) is -13.4. The van der Waals surface area contributed by atoms with Crippen molar-refractivity contribution >= 4 is 27.7 Å². The van der Waals surface area contributed by atoms with Crippen molar-refractivity contribution in [1.82, 2.24) is 5.32 Å². The van der Waals surface area contributed by atoms with Crippen molar-refractivity contribution in [2.24, 2.45) is 0 Å². The summed E-state index contributed by atoms with van der Waals surface area (Å²) in [6.07, 6.45) is 0. The predicted octanol–water partition coefficient (Wildman–Crippen LogP) is 2.26. The number of rotatable bonds is 2. The third kappa shape index (κ3) is 42.5. The van der Waals surface area contributed by atoms with E-state index in [4.69, 9.17) is 4.74 Å². The quantitative estimate of drug-likeness (QED) is 0.400. The van der Waals surface area contributed by atoms with Crippen molar-refractivity contribution in [3.63, 3.8) is 0 Å². The zero-order valence-electron chi connectivity index (χ0n) is 14.4. The summed E-state index contributed by atoms with van der Waals surface area (Å²) in [6.45, 7) is 0.